The average molecular weight is 222 g/mol. The second kappa shape index (κ2) is 3.88. The van der Waals surface area contributed by atoms with Gasteiger partial charge in [0.05, 0.1) is 0 Å². The molecule has 0 fully saturated rings. The van der Waals surface area contributed by atoms with Crippen LogP contribution in [0.2, 0.25) is 0 Å². The van der Waals surface area contributed by atoms with Crippen molar-refractivity contribution in [2.75, 3.05) is 0 Å². The van der Waals surface area contributed by atoms with Crippen LogP contribution in [0.15, 0.2) is 0 Å². The Kier molecular flexibility index (Phi) is 3.76. The molecule has 11 heavy (non-hydrogen) atoms. The summed E-state index contributed by atoms with van der Waals surface area (Å²) in [6.07, 6.45) is 0.485. The van der Waals surface area contributed by atoms with Crippen LogP contribution in [-0.4, -0.2) is 32.3 Å². The van der Waals surface area contributed by atoms with Crippen LogP contribution in [0.4, 0.5) is 0 Å². The first-order chi connectivity index (χ1) is 4.92. The van der Waals surface area contributed by atoms with Crippen molar-refractivity contribution >= 4 is 26.7 Å². The van der Waals surface area contributed by atoms with Crippen LogP contribution in [0.3, 0.4) is 0 Å². The maximum absolute atomic E-state index is 10.9. The summed E-state index contributed by atoms with van der Waals surface area (Å²) in [5, 5.41) is 0. The topological polar surface area (TPSA) is 43.4 Å². The molecule has 0 aliphatic heterocycles. The second-order valence-corrected chi connectivity index (χ2v) is 3.24. The van der Waals surface area contributed by atoms with Gasteiger partial charge in [-0.05, 0) is 0 Å². The minimum absolute atomic E-state index is 0.241. The number of rotatable bonds is 3. The van der Waals surface area contributed by atoms with Gasteiger partial charge < -0.3 is 0 Å². The van der Waals surface area contributed by atoms with Crippen LogP contribution in [-0.2, 0) is 14.3 Å². The summed E-state index contributed by atoms with van der Waals surface area (Å²) >= 11 is 2.32. The number of hydrogen-bond acceptors (Lipinski definition) is 3. The molecule has 0 saturated carbocycles. The van der Waals surface area contributed by atoms with Crippen LogP contribution in [0.5, 0.6) is 0 Å². The van der Waals surface area contributed by atoms with Gasteiger partial charge in [0.15, 0.2) is 0 Å². The van der Waals surface area contributed by atoms with E-state index in [-0.39, 0.29) is 4.68 Å². The zero-order chi connectivity index (χ0) is 9.07. The number of esters is 1. The van der Waals surface area contributed by atoms with Gasteiger partial charge in [-0.3, -0.25) is 0 Å². The molecule has 0 spiro atoms. The molecule has 0 aliphatic rings. The van der Waals surface area contributed by atoms with Crippen molar-refractivity contribution in [3.8, 4) is 0 Å². The minimum atomic E-state index is -0.980. The standard InChI is InChI=1S/C7H11O3Se/c1-4-7(3,6(9)11)10-5(2)8/h4H2,1-3H3. The first-order valence-electron chi connectivity index (χ1n) is 3.33. The Morgan fingerprint density at radius 2 is 2.00 bits per heavy atom. The van der Waals surface area contributed by atoms with Gasteiger partial charge in [0, 0.05) is 0 Å². The molecular weight excluding hydrogens is 211 g/mol. The van der Waals surface area contributed by atoms with Gasteiger partial charge in [-0.2, -0.15) is 0 Å². The van der Waals surface area contributed by atoms with Gasteiger partial charge in [0.2, 0.25) is 0 Å². The fourth-order valence-electron chi connectivity index (χ4n) is 0.575. The SMILES string of the molecule is CCC(C)(OC(C)=O)C(=O)[Se]. The molecule has 1 atom stereocenters. The van der Waals surface area contributed by atoms with E-state index in [1.807, 2.05) is 0 Å². The summed E-state index contributed by atoms with van der Waals surface area (Å²) < 4.78 is 4.59. The number of carbonyl (C=O) groups excluding carboxylic acids is 2. The number of ether oxygens (including phenoxy) is 1. The van der Waals surface area contributed by atoms with Gasteiger partial charge in [0.1, 0.15) is 0 Å². The van der Waals surface area contributed by atoms with Crippen molar-refractivity contribution in [1.29, 1.82) is 0 Å². The van der Waals surface area contributed by atoms with E-state index in [2.05, 4.69) is 16.0 Å². The van der Waals surface area contributed by atoms with E-state index in [9.17, 15) is 9.59 Å². The van der Waals surface area contributed by atoms with Crippen molar-refractivity contribution in [3.05, 3.63) is 0 Å². The molecule has 0 aliphatic carbocycles. The maximum atomic E-state index is 10.9. The normalized spacial score (nSPS) is 15.2. The van der Waals surface area contributed by atoms with Crippen LogP contribution < -0.4 is 0 Å². The summed E-state index contributed by atoms with van der Waals surface area (Å²) in [5.41, 5.74) is -0.980. The second-order valence-electron chi connectivity index (χ2n) is 2.47. The van der Waals surface area contributed by atoms with Crippen LogP contribution in [0.1, 0.15) is 27.2 Å². The third-order valence-electron chi connectivity index (χ3n) is 1.48. The van der Waals surface area contributed by atoms with Crippen LogP contribution >= 0.6 is 0 Å². The first-order valence-corrected chi connectivity index (χ1v) is 4.19. The molecule has 0 rings (SSSR count). The molecule has 63 valence electrons. The van der Waals surface area contributed by atoms with E-state index in [4.69, 9.17) is 4.74 Å². The quantitative estimate of drug-likeness (QED) is 0.513. The van der Waals surface area contributed by atoms with E-state index in [1.165, 1.54) is 6.92 Å². The summed E-state index contributed by atoms with van der Waals surface area (Å²) in [6.45, 7) is 4.67. The van der Waals surface area contributed by atoms with Gasteiger partial charge >= 0.3 is 73.8 Å². The van der Waals surface area contributed by atoms with Gasteiger partial charge in [-0.25, -0.2) is 0 Å². The molecule has 4 heteroatoms. The molecule has 0 heterocycles. The third-order valence-corrected chi connectivity index (χ3v) is 2.38. The molecule has 0 aromatic carbocycles. The van der Waals surface area contributed by atoms with Crippen molar-refractivity contribution in [2.24, 2.45) is 0 Å². The summed E-state index contributed by atoms with van der Waals surface area (Å²) in [7, 11) is 0. The van der Waals surface area contributed by atoms with E-state index >= 15 is 0 Å². The molecule has 0 saturated heterocycles. The van der Waals surface area contributed by atoms with E-state index < -0.39 is 11.6 Å². The fourth-order valence-corrected chi connectivity index (χ4v) is 0.966. The van der Waals surface area contributed by atoms with E-state index in [0.717, 1.165) is 0 Å². The Morgan fingerprint density at radius 1 is 1.55 bits per heavy atom. The molecular formula is C7H11O3Se. The molecule has 0 N–H and O–H groups in total. The number of carbonyl (C=O) groups is 2. The Hall–Kier alpha value is -0.341. The van der Waals surface area contributed by atoms with Crippen LogP contribution in [0.25, 0.3) is 0 Å². The van der Waals surface area contributed by atoms with Gasteiger partial charge in [-0.15, -0.1) is 0 Å². The fraction of sp³-hybridized carbons (Fsp3) is 0.714. The molecule has 0 aromatic heterocycles. The molecule has 0 bridgehead atoms. The zero-order valence-electron chi connectivity index (χ0n) is 6.84. The first kappa shape index (κ1) is 10.7. The molecule has 1 unspecified atom stereocenters. The monoisotopic (exact) mass is 223 g/mol. The van der Waals surface area contributed by atoms with Crippen molar-refractivity contribution < 1.29 is 14.3 Å². The van der Waals surface area contributed by atoms with E-state index in [0.29, 0.717) is 6.42 Å². The predicted octanol–water partition coefficient (Wildman–Crippen LogP) is 0.413. The van der Waals surface area contributed by atoms with E-state index in [1.54, 1.807) is 13.8 Å². The van der Waals surface area contributed by atoms with Crippen molar-refractivity contribution in [1.82, 2.24) is 0 Å². The summed E-state index contributed by atoms with van der Waals surface area (Å²) in [6, 6.07) is 0. The Labute approximate surface area is 74.3 Å². The molecule has 0 aromatic rings. The Bertz CT molecular complexity index is 179. The van der Waals surface area contributed by atoms with Crippen molar-refractivity contribution in [2.45, 2.75) is 32.8 Å². The molecule has 1 radical (unpaired) electrons. The average Bonchev–Trinajstić information content (AvgIpc) is 1.86. The van der Waals surface area contributed by atoms with Crippen LogP contribution in [0, 0.1) is 0 Å². The molecule has 3 nitrogen and oxygen atoms in total. The Balaban J connectivity index is 4.34. The summed E-state index contributed by atoms with van der Waals surface area (Å²) in [5.74, 6) is -0.432. The Morgan fingerprint density at radius 3 is 2.09 bits per heavy atom. The summed E-state index contributed by atoms with van der Waals surface area (Å²) in [4.78, 5) is 21.4. The van der Waals surface area contributed by atoms with Crippen molar-refractivity contribution in [3.63, 3.8) is 0 Å². The predicted molar refractivity (Wildman–Crippen MR) is 41.2 cm³/mol. The van der Waals surface area contributed by atoms with Gasteiger partial charge in [0.25, 0.3) is 0 Å². The van der Waals surface area contributed by atoms with Gasteiger partial charge in [-0.1, -0.05) is 0 Å². The number of hydrogen-bond donors (Lipinski definition) is 0. The third kappa shape index (κ3) is 3.04. The molecule has 0 amide bonds. The zero-order valence-corrected chi connectivity index (χ0v) is 8.55.